The van der Waals surface area contributed by atoms with Gasteiger partial charge in [0, 0.05) is 13.1 Å². The molecule has 1 saturated heterocycles. The van der Waals surface area contributed by atoms with E-state index in [2.05, 4.69) is 9.62 Å². The Morgan fingerprint density at radius 3 is 2.50 bits per heavy atom. The van der Waals surface area contributed by atoms with Gasteiger partial charge >= 0.3 is 6.18 Å². The molecule has 0 aliphatic carbocycles. The Hall–Kier alpha value is -0.830. The fourth-order valence-corrected chi connectivity index (χ4v) is 4.37. The van der Waals surface area contributed by atoms with Crippen LogP contribution in [-0.2, 0) is 16.2 Å². The molecule has 136 valence electrons. The fraction of sp³-hybridized carbons (Fsp3) is 0.600. The Morgan fingerprint density at radius 2 is 1.92 bits per heavy atom. The summed E-state index contributed by atoms with van der Waals surface area (Å²) in [6.45, 7) is 4.78. The van der Waals surface area contributed by atoms with Crippen LogP contribution in [0.3, 0.4) is 0 Å². The van der Waals surface area contributed by atoms with Gasteiger partial charge in [-0.2, -0.15) is 13.2 Å². The molecular weight excluding hydrogens is 365 g/mol. The van der Waals surface area contributed by atoms with E-state index in [9.17, 15) is 21.6 Å². The van der Waals surface area contributed by atoms with Crippen LogP contribution in [0.15, 0.2) is 23.1 Å². The van der Waals surface area contributed by atoms with Crippen molar-refractivity contribution in [2.24, 2.45) is 5.92 Å². The highest BCUT2D eigenvalue weighted by Crippen LogP contribution is 2.33. The predicted molar refractivity (Wildman–Crippen MR) is 86.5 cm³/mol. The standard InChI is InChI=1S/C15H20ClF3N2O2S/c1-11(10-21-6-2-3-7-21)9-20-24(22,23)14-8-12(15(17,18)19)4-5-13(14)16/h4-5,8,11,20H,2-3,6-7,9-10H2,1H3. The fourth-order valence-electron chi connectivity index (χ4n) is 2.69. The van der Waals surface area contributed by atoms with E-state index in [1.165, 1.54) is 0 Å². The second-order valence-electron chi connectivity index (χ2n) is 6.11. The molecule has 24 heavy (non-hydrogen) atoms. The van der Waals surface area contributed by atoms with Crippen LogP contribution in [0.5, 0.6) is 0 Å². The second-order valence-corrected chi connectivity index (χ2v) is 8.25. The Bertz CT molecular complexity index is 674. The van der Waals surface area contributed by atoms with Gasteiger partial charge in [-0.25, -0.2) is 13.1 Å². The maximum atomic E-state index is 12.8. The van der Waals surface area contributed by atoms with Gasteiger partial charge in [0.25, 0.3) is 0 Å². The average molecular weight is 385 g/mol. The largest absolute Gasteiger partial charge is 0.416 e. The summed E-state index contributed by atoms with van der Waals surface area (Å²) in [5, 5.41) is -0.234. The highest BCUT2D eigenvalue weighted by molar-refractivity contribution is 7.89. The number of nitrogens with zero attached hydrogens (tertiary/aromatic N) is 1. The van der Waals surface area contributed by atoms with Gasteiger partial charge in [0.2, 0.25) is 10.0 Å². The van der Waals surface area contributed by atoms with Crippen molar-refractivity contribution in [2.75, 3.05) is 26.2 Å². The first kappa shape index (κ1) is 19.5. The molecule has 1 unspecified atom stereocenters. The van der Waals surface area contributed by atoms with Gasteiger partial charge in [-0.1, -0.05) is 18.5 Å². The minimum Gasteiger partial charge on any atom is -0.303 e. The molecule has 1 N–H and O–H groups in total. The third kappa shape index (κ3) is 5.08. The first-order valence-electron chi connectivity index (χ1n) is 7.68. The Labute approximate surface area is 145 Å². The zero-order valence-corrected chi connectivity index (χ0v) is 14.8. The lowest BCUT2D eigenvalue weighted by atomic mass is 10.2. The number of alkyl halides is 3. The number of rotatable bonds is 6. The summed E-state index contributed by atoms with van der Waals surface area (Å²) in [5.41, 5.74) is -1.04. The third-order valence-electron chi connectivity index (χ3n) is 3.94. The van der Waals surface area contributed by atoms with E-state index in [4.69, 9.17) is 11.6 Å². The van der Waals surface area contributed by atoms with Crippen LogP contribution in [0.4, 0.5) is 13.2 Å². The molecule has 1 aliphatic rings. The molecule has 1 aromatic carbocycles. The molecule has 2 rings (SSSR count). The molecule has 1 heterocycles. The summed E-state index contributed by atoms with van der Waals surface area (Å²) in [5.74, 6) is 0.0439. The molecule has 0 aromatic heterocycles. The van der Waals surface area contributed by atoms with Crippen molar-refractivity contribution in [2.45, 2.75) is 30.8 Å². The van der Waals surface area contributed by atoms with Crippen molar-refractivity contribution < 1.29 is 21.6 Å². The van der Waals surface area contributed by atoms with E-state index >= 15 is 0 Å². The lowest BCUT2D eigenvalue weighted by Crippen LogP contribution is -2.34. The molecule has 4 nitrogen and oxygen atoms in total. The molecule has 1 atom stereocenters. The maximum absolute atomic E-state index is 12.8. The van der Waals surface area contributed by atoms with Crippen LogP contribution in [0.25, 0.3) is 0 Å². The van der Waals surface area contributed by atoms with E-state index in [0.717, 1.165) is 44.6 Å². The van der Waals surface area contributed by atoms with Gasteiger partial charge in [0.05, 0.1) is 10.6 Å². The van der Waals surface area contributed by atoms with Gasteiger partial charge in [-0.05, 0) is 50.0 Å². The van der Waals surface area contributed by atoms with Crippen LogP contribution in [0.2, 0.25) is 5.02 Å². The number of benzene rings is 1. The highest BCUT2D eigenvalue weighted by Gasteiger charge is 2.32. The van der Waals surface area contributed by atoms with Gasteiger partial charge in [0.15, 0.2) is 0 Å². The Morgan fingerprint density at radius 1 is 1.29 bits per heavy atom. The molecule has 1 aromatic rings. The first-order chi connectivity index (χ1) is 11.1. The smallest absolute Gasteiger partial charge is 0.303 e. The van der Waals surface area contributed by atoms with Gasteiger partial charge < -0.3 is 4.90 Å². The van der Waals surface area contributed by atoms with Crippen LogP contribution in [0, 0.1) is 5.92 Å². The van der Waals surface area contributed by atoms with Crippen molar-refractivity contribution in [3.8, 4) is 0 Å². The monoisotopic (exact) mass is 384 g/mol. The number of likely N-dealkylation sites (tertiary alicyclic amines) is 1. The Kier molecular flexibility index (Phi) is 6.17. The topological polar surface area (TPSA) is 49.4 Å². The summed E-state index contributed by atoms with van der Waals surface area (Å²) in [6, 6.07) is 2.28. The zero-order chi connectivity index (χ0) is 18.0. The van der Waals surface area contributed by atoms with E-state index < -0.39 is 26.7 Å². The van der Waals surface area contributed by atoms with E-state index in [-0.39, 0.29) is 17.5 Å². The summed E-state index contributed by atoms with van der Waals surface area (Å²) < 4.78 is 65.3. The quantitative estimate of drug-likeness (QED) is 0.818. The van der Waals surface area contributed by atoms with Gasteiger partial charge in [-0.15, -0.1) is 0 Å². The van der Waals surface area contributed by atoms with Crippen molar-refractivity contribution in [3.05, 3.63) is 28.8 Å². The Balaban J connectivity index is 2.06. The maximum Gasteiger partial charge on any atom is 0.416 e. The average Bonchev–Trinajstić information content (AvgIpc) is 2.97. The molecule has 9 heteroatoms. The van der Waals surface area contributed by atoms with Crippen molar-refractivity contribution in [3.63, 3.8) is 0 Å². The van der Waals surface area contributed by atoms with Crippen molar-refractivity contribution in [1.82, 2.24) is 9.62 Å². The zero-order valence-electron chi connectivity index (χ0n) is 13.2. The van der Waals surface area contributed by atoms with Gasteiger partial charge in [0.1, 0.15) is 4.90 Å². The van der Waals surface area contributed by atoms with Crippen LogP contribution in [-0.4, -0.2) is 39.5 Å². The molecular formula is C15H20ClF3N2O2S. The summed E-state index contributed by atoms with van der Waals surface area (Å²) in [6.07, 6.45) is -2.35. The molecule has 0 bridgehead atoms. The number of sulfonamides is 1. The molecule has 1 aliphatic heterocycles. The number of nitrogens with one attached hydrogen (secondary N) is 1. The number of halogens is 4. The molecule has 0 saturated carbocycles. The van der Waals surface area contributed by atoms with Crippen molar-refractivity contribution in [1.29, 1.82) is 0 Å². The third-order valence-corrected chi connectivity index (χ3v) is 5.84. The van der Waals surface area contributed by atoms with E-state index in [1.807, 2.05) is 6.92 Å². The summed E-state index contributed by atoms with van der Waals surface area (Å²) >= 11 is 5.79. The lowest BCUT2D eigenvalue weighted by molar-refractivity contribution is -0.137. The SMILES string of the molecule is CC(CNS(=O)(=O)c1cc(C(F)(F)F)ccc1Cl)CN1CCCC1. The number of hydrogen-bond acceptors (Lipinski definition) is 3. The molecule has 0 spiro atoms. The summed E-state index contributed by atoms with van der Waals surface area (Å²) in [7, 11) is -4.10. The van der Waals surface area contributed by atoms with Crippen molar-refractivity contribution >= 4 is 21.6 Å². The molecule has 1 fully saturated rings. The first-order valence-corrected chi connectivity index (χ1v) is 9.54. The lowest BCUT2D eigenvalue weighted by Gasteiger charge is -2.20. The minimum absolute atomic E-state index is 0.0439. The second kappa shape index (κ2) is 7.59. The van der Waals surface area contributed by atoms with Crippen LogP contribution >= 0.6 is 11.6 Å². The predicted octanol–water partition coefficient (Wildman–Crippen LogP) is 3.37. The summed E-state index contributed by atoms with van der Waals surface area (Å²) in [4.78, 5) is 1.70. The minimum atomic E-state index is -4.63. The van der Waals surface area contributed by atoms with Gasteiger partial charge in [-0.3, -0.25) is 0 Å². The molecule has 0 amide bonds. The number of hydrogen-bond donors (Lipinski definition) is 1. The van der Waals surface area contributed by atoms with E-state index in [0.29, 0.717) is 6.07 Å². The van der Waals surface area contributed by atoms with Crippen LogP contribution < -0.4 is 4.72 Å². The van der Waals surface area contributed by atoms with Crippen LogP contribution in [0.1, 0.15) is 25.3 Å². The molecule has 0 radical (unpaired) electrons. The highest BCUT2D eigenvalue weighted by atomic mass is 35.5. The normalized spacial score (nSPS) is 18.0. The van der Waals surface area contributed by atoms with E-state index in [1.54, 1.807) is 0 Å².